The number of anilines is 2. The first-order chi connectivity index (χ1) is 17.1. The van der Waals surface area contributed by atoms with Crippen LogP contribution in [0.25, 0.3) is 11.1 Å². The zero-order chi connectivity index (χ0) is 25.9. The molecule has 3 aromatic carbocycles. The molecule has 8 nitrogen and oxygen atoms in total. The third-order valence-corrected chi connectivity index (χ3v) is 6.52. The predicted molar refractivity (Wildman–Crippen MR) is 140 cm³/mol. The normalized spacial score (nSPS) is 11.1. The maximum absolute atomic E-state index is 12.9. The molecule has 0 saturated heterocycles. The molecule has 0 aliphatic carbocycles. The highest BCUT2D eigenvalue weighted by Crippen LogP contribution is 2.27. The number of pyridine rings is 1. The van der Waals surface area contributed by atoms with Gasteiger partial charge < -0.3 is 10.6 Å². The van der Waals surface area contributed by atoms with E-state index < -0.39 is 21.8 Å². The van der Waals surface area contributed by atoms with E-state index in [1.54, 1.807) is 48.5 Å². The fraction of sp³-hybridized carbons (Fsp3) is 0. The SMILES string of the molecule is NS(=O)(=O)c1ccccc1-c1ccc(C(=O)Nc2ccc(Cl)cc2C(=O)Nc2ccc(Cl)cn2)cc1. The number of benzene rings is 3. The minimum Gasteiger partial charge on any atom is -0.321 e. The molecule has 1 heterocycles. The molecule has 11 heteroatoms. The number of carbonyl (C=O) groups is 2. The standard InChI is InChI=1S/C25H18Cl2N4O4S/c26-17-9-11-21(20(13-17)25(33)31-23-12-10-18(27)14-29-23)30-24(32)16-7-5-15(6-8-16)19-3-1-2-4-22(19)36(28,34)35/h1-14H,(H,30,32)(H2,28,34,35)(H,29,31,33). The van der Waals surface area contributed by atoms with Crippen LogP contribution in [0.5, 0.6) is 0 Å². The van der Waals surface area contributed by atoms with Gasteiger partial charge in [-0.1, -0.05) is 53.5 Å². The molecule has 4 aromatic rings. The molecule has 0 atom stereocenters. The zero-order valence-electron chi connectivity index (χ0n) is 18.4. The molecule has 0 bridgehead atoms. The average molecular weight is 541 g/mol. The Balaban J connectivity index is 1.56. The van der Waals surface area contributed by atoms with Crippen LogP contribution >= 0.6 is 23.2 Å². The molecule has 0 saturated carbocycles. The summed E-state index contributed by atoms with van der Waals surface area (Å²) in [6, 6.07) is 20.2. The second-order valence-electron chi connectivity index (χ2n) is 7.58. The maximum atomic E-state index is 12.9. The summed E-state index contributed by atoms with van der Waals surface area (Å²) in [5, 5.41) is 11.4. The molecule has 182 valence electrons. The smallest absolute Gasteiger partial charge is 0.258 e. The molecular formula is C25H18Cl2N4O4S. The fourth-order valence-electron chi connectivity index (χ4n) is 3.40. The molecule has 4 N–H and O–H groups in total. The first-order valence-corrected chi connectivity index (χ1v) is 12.7. The van der Waals surface area contributed by atoms with Crippen molar-refractivity contribution < 1.29 is 18.0 Å². The lowest BCUT2D eigenvalue weighted by Crippen LogP contribution is -2.18. The van der Waals surface area contributed by atoms with Crippen molar-refractivity contribution in [3.8, 4) is 11.1 Å². The van der Waals surface area contributed by atoms with Gasteiger partial charge in [0.15, 0.2) is 0 Å². The summed E-state index contributed by atoms with van der Waals surface area (Å²) in [5.41, 5.74) is 1.64. The van der Waals surface area contributed by atoms with Gasteiger partial charge in [-0.05, 0) is 54.1 Å². The topological polar surface area (TPSA) is 131 Å². The largest absolute Gasteiger partial charge is 0.321 e. The number of hydrogen-bond acceptors (Lipinski definition) is 5. The number of nitrogens with one attached hydrogen (secondary N) is 2. The third kappa shape index (κ3) is 5.89. The quantitative estimate of drug-likeness (QED) is 0.309. The second-order valence-corrected chi connectivity index (χ2v) is 9.98. The van der Waals surface area contributed by atoms with Crippen molar-refractivity contribution in [3.63, 3.8) is 0 Å². The molecule has 0 aliphatic rings. The van der Waals surface area contributed by atoms with Crippen LogP contribution in [0.4, 0.5) is 11.5 Å². The van der Waals surface area contributed by atoms with Crippen LogP contribution in [-0.2, 0) is 10.0 Å². The minimum absolute atomic E-state index is 0.0193. The molecule has 0 radical (unpaired) electrons. The second kappa shape index (κ2) is 10.5. The lowest BCUT2D eigenvalue weighted by molar-refractivity contribution is 0.102. The molecule has 0 fully saturated rings. The molecule has 0 unspecified atom stereocenters. The first kappa shape index (κ1) is 25.3. The van der Waals surface area contributed by atoms with Gasteiger partial charge in [0.1, 0.15) is 5.82 Å². The van der Waals surface area contributed by atoms with Crippen molar-refractivity contribution in [1.82, 2.24) is 4.98 Å². The van der Waals surface area contributed by atoms with Gasteiger partial charge in [0, 0.05) is 22.3 Å². The third-order valence-electron chi connectivity index (χ3n) is 5.10. The number of nitrogens with zero attached hydrogens (tertiary/aromatic N) is 1. The van der Waals surface area contributed by atoms with Gasteiger partial charge in [0.2, 0.25) is 10.0 Å². The Bertz CT molecular complexity index is 1560. The van der Waals surface area contributed by atoms with Gasteiger partial charge in [-0.15, -0.1) is 0 Å². The van der Waals surface area contributed by atoms with E-state index in [2.05, 4.69) is 15.6 Å². The van der Waals surface area contributed by atoms with Crippen molar-refractivity contribution >= 4 is 56.5 Å². The molecular weight excluding hydrogens is 523 g/mol. The highest BCUT2D eigenvalue weighted by Gasteiger charge is 2.18. The summed E-state index contributed by atoms with van der Waals surface area (Å²) in [6.45, 7) is 0. The molecule has 0 aliphatic heterocycles. The summed E-state index contributed by atoms with van der Waals surface area (Å²) < 4.78 is 23.8. The number of aromatic nitrogens is 1. The van der Waals surface area contributed by atoms with Crippen molar-refractivity contribution in [2.75, 3.05) is 10.6 Å². The summed E-state index contributed by atoms with van der Waals surface area (Å²) in [4.78, 5) is 29.8. The first-order valence-electron chi connectivity index (χ1n) is 10.4. The van der Waals surface area contributed by atoms with Crippen LogP contribution in [0.1, 0.15) is 20.7 Å². The van der Waals surface area contributed by atoms with Crippen LogP contribution in [0, 0.1) is 0 Å². The summed E-state index contributed by atoms with van der Waals surface area (Å²) in [6.07, 6.45) is 1.39. The van der Waals surface area contributed by atoms with Gasteiger partial charge in [0.25, 0.3) is 11.8 Å². The molecule has 0 spiro atoms. The monoisotopic (exact) mass is 540 g/mol. The van der Waals surface area contributed by atoms with E-state index in [0.29, 0.717) is 21.2 Å². The number of carbonyl (C=O) groups excluding carboxylic acids is 2. The van der Waals surface area contributed by atoms with E-state index in [-0.39, 0.29) is 27.5 Å². The van der Waals surface area contributed by atoms with E-state index >= 15 is 0 Å². The Labute approximate surface area is 217 Å². The summed E-state index contributed by atoms with van der Waals surface area (Å²) in [5.74, 6) is -0.739. The van der Waals surface area contributed by atoms with Gasteiger partial charge in [-0.25, -0.2) is 18.5 Å². The van der Waals surface area contributed by atoms with E-state index in [1.165, 1.54) is 36.5 Å². The lowest BCUT2D eigenvalue weighted by Gasteiger charge is -2.13. The van der Waals surface area contributed by atoms with Crippen LogP contribution in [-0.4, -0.2) is 25.2 Å². The van der Waals surface area contributed by atoms with Gasteiger partial charge in [-0.3, -0.25) is 9.59 Å². The minimum atomic E-state index is -3.93. The highest BCUT2D eigenvalue weighted by atomic mass is 35.5. The highest BCUT2D eigenvalue weighted by molar-refractivity contribution is 7.89. The van der Waals surface area contributed by atoms with Crippen LogP contribution in [0.15, 0.2) is 90.0 Å². The van der Waals surface area contributed by atoms with Crippen molar-refractivity contribution in [3.05, 3.63) is 106 Å². The number of nitrogens with two attached hydrogens (primary N) is 1. The number of halogens is 2. The van der Waals surface area contributed by atoms with E-state index in [4.69, 9.17) is 28.3 Å². The Morgan fingerprint density at radius 3 is 2.17 bits per heavy atom. The Morgan fingerprint density at radius 1 is 0.806 bits per heavy atom. The zero-order valence-corrected chi connectivity index (χ0v) is 20.7. The Morgan fingerprint density at radius 2 is 1.50 bits per heavy atom. The van der Waals surface area contributed by atoms with Crippen molar-refractivity contribution in [2.24, 2.45) is 5.14 Å². The summed E-state index contributed by atoms with van der Waals surface area (Å²) >= 11 is 11.9. The van der Waals surface area contributed by atoms with Crippen LogP contribution < -0.4 is 15.8 Å². The molecule has 36 heavy (non-hydrogen) atoms. The molecule has 1 aromatic heterocycles. The number of primary sulfonamides is 1. The summed E-state index contributed by atoms with van der Waals surface area (Å²) in [7, 11) is -3.93. The van der Waals surface area contributed by atoms with Crippen LogP contribution in [0.2, 0.25) is 10.0 Å². The number of sulfonamides is 1. The number of rotatable bonds is 6. The Kier molecular flexibility index (Phi) is 7.37. The van der Waals surface area contributed by atoms with Crippen molar-refractivity contribution in [1.29, 1.82) is 0 Å². The van der Waals surface area contributed by atoms with Gasteiger partial charge in [0.05, 0.1) is 21.2 Å². The molecule has 4 rings (SSSR count). The maximum Gasteiger partial charge on any atom is 0.258 e. The average Bonchev–Trinajstić information content (AvgIpc) is 2.86. The number of amides is 2. The predicted octanol–water partition coefficient (Wildman–Crippen LogP) is 5.21. The molecule has 2 amide bonds. The number of hydrogen-bond donors (Lipinski definition) is 3. The van der Waals surface area contributed by atoms with Crippen LogP contribution in [0.3, 0.4) is 0 Å². The Hall–Kier alpha value is -3.76. The fourth-order valence-corrected chi connectivity index (χ4v) is 4.44. The van der Waals surface area contributed by atoms with E-state index in [9.17, 15) is 18.0 Å². The van der Waals surface area contributed by atoms with Gasteiger partial charge >= 0.3 is 0 Å². The van der Waals surface area contributed by atoms with Crippen molar-refractivity contribution in [2.45, 2.75) is 4.90 Å². The lowest BCUT2D eigenvalue weighted by atomic mass is 10.0. The van der Waals surface area contributed by atoms with Gasteiger partial charge in [-0.2, -0.15) is 0 Å². The van der Waals surface area contributed by atoms with E-state index in [0.717, 1.165) is 0 Å². The van der Waals surface area contributed by atoms with E-state index in [1.807, 2.05) is 0 Å².